The molecule has 1 amide bonds. The second-order valence-corrected chi connectivity index (χ2v) is 4.95. The van der Waals surface area contributed by atoms with Crippen molar-refractivity contribution in [1.82, 2.24) is 10.2 Å². The molecule has 0 spiro atoms. The number of rotatable bonds is 3. The van der Waals surface area contributed by atoms with Gasteiger partial charge in [0.05, 0.1) is 6.54 Å². The molecule has 2 rings (SSSR count). The molecule has 2 aliphatic rings. The third kappa shape index (κ3) is 2.08. The molecular weight excluding hydrogens is 176 g/mol. The summed E-state index contributed by atoms with van der Waals surface area (Å²) in [6, 6.07) is 1.03. The van der Waals surface area contributed by atoms with Gasteiger partial charge in [-0.2, -0.15) is 0 Å². The normalized spacial score (nSPS) is 28.6. The van der Waals surface area contributed by atoms with Gasteiger partial charge in [-0.3, -0.25) is 4.79 Å². The van der Waals surface area contributed by atoms with Crippen LogP contribution in [-0.2, 0) is 4.79 Å². The van der Waals surface area contributed by atoms with E-state index < -0.39 is 0 Å². The molecule has 0 aromatic heterocycles. The Morgan fingerprint density at radius 1 is 1.50 bits per heavy atom. The van der Waals surface area contributed by atoms with Gasteiger partial charge in [0.15, 0.2) is 0 Å². The van der Waals surface area contributed by atoms with E-state index in [0.717, 1.165) is 13.0 Å². The maximum Gasteiger partial charge on any atom is 0.237 e. The van der Waals surface area contributed by atoms with Crippen molar-refractivity contribution in [1.29, 1.82) is 0 Å². The Morgan fingerprint density at radius 3 is 2.79 bits per heavy atom. The highest BCUT2D eigenvalue weighted by atomic mass is 16.2. The summed E-state index contributed by atoms with van der Waals surface area (Å²) in [5.41, 5.74) is 0. The Balaban J connectivity index is 2.00. The minimum absolute atomic E-state index is 0.310. The Morgan fingerprint density at radius 2 is 2.21 bits per heavy atom. The monoisotopic (exact) mass is 196 g/mol. The summed E-state index contributed by atoms with van der Waals surface area (Å²) >= 11 is 0. The summed E-state index contributed by atoms with van der Waals surface area (Å²) in [6.45, 7) is 5.99. The van der Waals surface area contributed by atoms with Crippen LogP contribution in [0.4, 0.5) is 0 Å². The minimum Gasteiger partial charge on any atom is -0.334 e. The first kappa shape index (κ1) is 9.97. The van der Waals surface area contributed by atoms with Crippen molar-refractivity contribution >= 4 is 5.91 Å². The summed E-state index contributed by atoms with van der Waals surface area (Å²) in [5.74, 6) is 0.985. The lowest BCUT2D eigenvalue weighted by Crippen LogP contribution is -2.56. The van der Waals surface area contributed by atoms with Crippen LogP contribution in [0.25, 0.3) is 0 Å². The van der Waals surface area contributed by atoms with E-state index in [-0.39, 0.29) is 0 Å². The van der Waals surface area contributed by atoms with Crippen LogP contribution in [0.2, 0.25) is 0 Å². The maximum absolute atomic E-state index is 11.7. The highest BCUT2D eigenvalue weighted by Crippen LogP contribution is 2.31. The quantitative estimate of drug-likeness (QED) is 0.730. The molecule has 0 radical (unpaired) electrons. The topological polar surface area (TPSA) is 32.3 Å². The second-order valence-electron chi connectivity index (χ2n) is 4.95. The summed E-state index contributed by atoms with van der Waals surface area (Å²) in [7, 11) is 0. The van der Waals surface area contributed by atoms with Crippen LogP contribution < -0.4 is 5.32 Å². The van der Waals surface area contributed by atoms with Crippen molar-refractivity contribution in [2.45, 2.75) is 45.2 Å². The van der Waals surface area contributed by atoms with Crippen LogP contribution in [0.5, 0.6) is 0 Å². The van der Waals surface area contributed by atoms with Gasteiger partial charge in [-0.15, -0.1) is 0 Å². The summed E-state index contributed by atoms with van der Waals surface area (Å²) in [5, 5.41) is 3.21. The lowest BCUT2D eigenvalue weighted by atomic mass is 10.0. The number of piperazine rings is 1. The van der Waals surface area contributed by atoms with Crippen LogP contribution in [0.3, 0.4) is 0 Å². The van der Waals surface area contributed by atoms with E-state index in [2.05, 4.69) is 24.1 Å². The average molecular weight is 196 g/mol. The Kier molecular flexibility index (Phi) is 2.77. The zero-order valence-corrected chi connectivity index (χ0v) is 9.12. The molecule has 14 heavy (non-hydrogen) atoms. The minimum atomic E-state index is 0.310. The first-order chi connectivity index (χ1) is 6.68. The van der Waals surface area contributed by atoms with Gasteiger partial charge in [-0.05, 0) is 25.2 Å². The van der Waals surface area contributed by atoms with Gasteiger partial charge in [0.1, 0.15) is 0 Å². The highest BCUT2D eigenvalue weighted by molar-refractivity contribution is 5.80. The Labute approximate surface area is 85.8 Å². The Bertz CT molecular complexity index is 223. The van der Waals surface area contributed by atoms with E-state index in [9.17, 15) is 4.79 Å². The third-order valence-electron chi connectivity index (χ3n) is 3.02. The van der Waals surface area contributed by atoms with Gasteiger partial charge in [-0.1, -0.05) is 13.8 Å². The molecule has 0 aromatic carbocycles. The molecule has 1 N–H and O–H groups in total. The van der Waals surface area contributed by atoms with Crippen LogP contribution >= 0.6 is 0 Å². The second kappa shape index (κ2) is 3.89. The number of nitrogens with one attached hydrogen (secondary N) is 1. The molecule has 1 aliphatic carbocycles. The fraction of sp³-hybridized carbons (Fsp3) is 0.909. The molecule has 1 saturated carbocycles. The molecule has 3 nitrogen and oxygen atoms in total. The number of carbonyl (C=O) groups is 1. The number of hydrogen-bond donors (Lipinski definition) is 1. The first-order valence-corrected chi connectivity index (χ1v) is 5.70. The van der Waals surface area contributed by atoms with Crippen LogP contribution in [0.1, 0.15) is 33.1 Å². The predicted octanol–water partition coefficient (Wildman–Crippen LogP) is 0.995. The molecule has 3 heteroatoms. The molecule has 1 heterocycles. The van der Waals surface area contributed by atoms with E-state index in [1.165, 1.54) is 12.8 Å². The van der Waals surface area contributed by atoms with Gasteiger partial charge in [0.25, 0.3) is 0 Å². The van der Waals surface area contributed by atoms with Gasteiger partial charge >= 0.3 is 0 Å². The van der Waals surface area contributed by atoms with Gasteiger partial charge in [-0.25, -0.2) is 0 Å². The van der Waals surface area contributed by atoms with Gasteiger partial charge < -0.3 is 10.2 Å². The van der Waals surface area contributed by atoms with E-state index in [1.54, 1.807) is 0 Å². The SMILES string of the molecule is CC(C)CC1CNCC(=O)N1C1CC1. The highest BCUT2D eigenvalue weighted by Gasteiger charge is 2.38. The van der Waals surface area contributed by atoms with Gasteiger partial charge in [0.2, 0.25) is 5.91 Å². The number of amides is 1. The Hall–Kier alpha value is -0.570. The molecule has 1 unspecified atom stereocenters. The zero-order chi connectivity index (χ0) is 10.1. The predicted molar refractivity (Wildman–Crippen MR) is 56.0 cm³/mol. The van der Waals surface area contributed by atoms with E-state index in [1.807, 2.05) is 0 Å². The molecular formula is C11H20N2O. The summed E-state index contributed by atoms with van der Waals surface area (Å²) in [4.78, 5) is 13.9. The fourth-order valence-electron chi connectivity index (χ4n) is 2.33. The van der Waals surface area contributed by atoms with E-state index in [0.29, 0.717) is 30.5 Å². The average Bonchev–Trinajstić information content (AvgIpc) is 2.86. The van der Waals surface area contributed by atoms with Crippen LogP contribution in [0.15, 0.2) is 0 Å². The van der Waals surface area contributed by atoms with Crippen molar-refractivity contribution in [3.05, 3.63) is 0 Å². The zero-order valence-electron chi connectivity index (χ0n) is 9.12. The first-order valence-electron chi connectivity index (χ1n) is 5.70. The molecule has 1 aliphatic heterocycles. The largest absolute Gasteiger partial charge is 0.334 e. The van der Waals surface area contributed by atoms with Gasteiger partial charge in [0, 0.05) is 18.6 Å². The lowest BCUT2D eigenvalue weighted by Gasteiger charge is -2.37. The molecule has 2 fully saturated rings. The lowest BCUT2D eigenvalue weighted by molar-refractivity contribution is -0.135. The fourth-order valence-corrected chi connectivity index (χ4v) is 2.33. The number of carbonyl (C=O) groups excluding carboxylic acids is 1. The standard InChI is InChI=1S/C11H20N2O/c1-8(2)5-10-6-12-7-11(14)13(10)9-3-4-9/h8-10,12H,3-7H2,1-2H3. The summed E-state index contributed by atoms with van der Waals surface area (Å²) in [6.07, 6.45) is 3.58. The third-order valence-corrected chi connectivity index (χ3v) is 3.02. The summed E-state index contributed by atoms with van der Waals surface area (Å²) < 4.78 is 0. The smallest absolute Gasteiger partial charge is 0.237 e. The van der Waals surface area contributed by atoms with Crippen LogP contribution in [0, 0.1) is 5.92 Å². The van der Waals surface area contributed by atoms with Crippen molar-refractivity contribution in [2.24, 2.45) is 5.92 Å². The number of nitrogens with zero attached hydrogens (tertiary/aromatic N) is 1. The molecule has 1 atom stereocenters. The molecule has 0 aromatic rings. The van der Waals surface area contributed by atoms with Crippen LogP contribution in [-0.4, -0.2) is 36.0 Å². The molecule has 0 bridgehead atoms. The maximum atomic E-state index is 11.7. The van der Waals surface area contributed by atoms with E-state index in [4.69, 9.17) is 0 Å². The van der Waals surface area contributed by atoms with Crippen molar-refractivity contribution in [3.63, 3.8) is 0 Å². The van der Waals surface area contributed by atoms with Crippen molar-refractivity contribution in [3.8, 4) is 0 Å². The number of hydrogen-bond acceptors (Lipinski definition) is 2. The van der Waals surface area contributed by atoms with Crippen molar-refractivity contribution < 1.29 is 4.79 Å². The van der Waals surface area contributed by atoms with Crippen molar-refractivity contribution in [2.75, 3.05) is 13.1 Å². The van der Waals surface area contributed by atoms with E-state index >= 15 is 0 Å². The molecule has 80 valence electrons. The molecule has 1 saturated heterocycles.